The number of hydrogen-bond donors (Lipinski definition) is 1. The predicted octanol–water partition coefficient (Wildman–Crippen LogP) is 4.31. The van der Waals surface area contributed by atoms with Gasteiger partial charge in [-0.3, -0.25) is 4.79 Å². The molecule has 1 fully saturated rings. The molecule has 0 radical (unpaired) electrons. The van der Waals surface area contributed by atoms with E-state index in [1.165, 1.54) is 30.5 Å². The molecule has 1 amide bonds. The predicted molar refractivity (Wildman–Crippen MR) is 94.5 cm³/mol. The summed E-state index contributed by atoms with van der Waals surface area (Å²) in [5.74, 6) is -0.703. The van der Waals surface area contributed by atoms with E-state index in [2.05, 4.69) is 10.4 Å². The first-order valence-corrected chi connectivity index (χ1v) is 9.30. The molecule has 1 aromatic carbocycles. The lowest BCUT2D eigenvalue weighted by Crippen LogP contribution is -2.38. The molecule has 0 aliphatic carbocycles. The highest BCUT2D eigenvalue weighted by Gasteiger charge is 2.47. The zero-order chi connectivity index (χ0) is 19.9. The summed E-state index contributed by atoms with van der Waals surface area (Å²) in [6.45, 7) is 1.18. The number of alkyl halides is 3. The van der Waals surface area contributed by atoms with Crippen LogP contribution >= 0.6 is 0 Å². The summed E-state index contributed by atoms with van der Waals surface area (Å²) < 4.78 is 55.2. The van der Waals surface area contributed by atoms with E-state index in [1.807, 2.05) is 0 Å². The maximum atomic E-state index is 13.7. The average molecular weight is 396 g/mol. The van der Waals surface area contributed by atoms with Crippen LogP contribution in [0.15, 0.2) is 30.5 Å². The molecule has 1 saturated heterocycles. The number of fused-ring (bicyclic) bond motifs is 1. The summed E-state index contributed by atoms with van der Waals surface area (Å²) in [6.07, 6.45) is -0.798. The fourth-order valence-corrected chi connectivity index (χ4v) is 3.90. The Kier molecular flexibility index (Phi) is 4.76. The maximum absolute atomic E-state index is 13.7. The Labute approximate surface area is 159 Å². The van der Waals surface area contributed by atoms with Crippen molar-refractivity contribution >= 4 is 11.7 Å². The van der Waals surface area contributed by atoms with Gasteiger partial charge in [0.1, 0.15) is 17.2 Å². The van der Waals surface area contributed by atoms with E-state index in [4.69, 9.17) is 0 Å². The fourth-order valence-electron chi connectivity index (χ4n) is 3.90. The Bertz CT molecular complexity index is 856. The van der Waals surface area contributed by atoms with Gasteiger partial charge in [0.15, 0.2) is 6.04 Å². The van der Waals surface area contributed by atoms with Crippen molar-refractivity contribution < 1.29 is 22.4 Å². The van der Waals surface area contributed by atoms with Crippen LogP contribution < -0.4 is 5.32 Å². The van der Waals surface area contributed by atoms with Gasteiger partial charge in [0.25, 0.3) is 5.91 Å². The van der Waals surface area contributed by atoms with E-state index in [9.17, 15) is 22.4 Å². The number of carbonyl (C=O) groups is 1. The van der Waals surface area contributed by atoms with Crippen LogP contribution in [0.4, 0.5) is 23.4 Å². The molecule has 4 rings (SSSR count). The van der Waals surface area contributed by atoms with Gasteiger partial charge in [-0.25, -0.2) is 9.07 Å². The second kappa shape index (κ2) is 7.10. The minimum Gasteiger partial charge on any atom is -0.363 e. The smallest absolute Gasteiger partial charge is 0.363 e. The lowest BCUT2D eigenvalue weighted by atomic mass is 9.96. The Balaban J connectivity index is 1.70. The molecule has 150 valence electrons. The summed E-state index contributed by atoms with van der Waals surface area (Å²) in [4.78, 5) is 14.5. The average Bonchev–Trinajstić information content (AvgIpc) is 3.11. The van der Waals surface area contributed by atoms with Gasteiger partial charge >= 0.3 is 6.18 Å². The van der Waals surface area contributed by atoms with Gasteiger partial charge in [0.2, 0.25) is 0 Å². The van der Waals surface area contributed by atoms with Gasteiger partial charge in [0.05, 0.1) is 12.2 Å². The summed E-state index contributed by atoms with van der Waals surface area (Å²) in [6, 6.07) is 2.78. The molecule has 5 nitrogen and oxygen atoms in total. The van der Waals surface area contributed by atoms with Crippen LogP contribution in [0.3, 0.4) is 0 Å². The summed E-state index contributed by atoms with van der Waals surface area (Å²) in [7, 11) is 0. The van der Waals surface area contributed by atoms with Crippen LogP contribution in [-0.4, -0.2) is 39.9 Å². The van der Waals surface area contributed by atoms with Crippen LogP contribution in [0, 0.1) is 5.82 Å². The molecule has 9 heteroatoms. The normalized spacial score (nSPS) is 22.5. The van der Waals surface area contributed by atoms with Crippen molar-refractivity contribution in [2.24, 2.45) is 0 Å². The maximum Gasteiger partial charge on any atom is 0.410 e. The van der Waals surface area contributed by atoms with Crippen molar-refractivity contribution in [1.29, 1.82) is 0 Å². The number of nitrogens with zero attached hydrogens (tertiary/aromatic N) is 3. The van der Waals surface area contributed by atoms with Crippen molar-refractivity contribution in [2.75, 3.05) is 18.4 Å². The number of amides is 1. The molecule has 0 bridgehead atoms. The second-order valence-electron chi connectivity index (χ2n) is 7.25. The number of rotatable bonds is 2. The molecule has 1 N–H and O–H groups in total. The molecule has 0 unspecified atom stereocenters. The summed E-state index contributed by atoms with van der Waals surface area (Å²) in [5, 5.41) is 6.92. The molecular formula is C19H20F4N4O. The van der Waals surface area contributed by atoms with Crippen LogP contribution in [-0.2, 0) is 0 Å². The number of benzene rings is 1. The van der Waals surface area contributed by atoms with Crippen LogP contribution in [0.2, 0.25) is 0 Å². The van der Waals surface area contributed by atoms with E-state index in [1.54, 1.807) is 4.90 Å². The first-order valence-electron chi connectivity index (χ1n) is 9.30. The highest BCUT2D eigenvalue weighted by atomic mass is 19.4. The molecule has 2 atom stereocenters. The Morgan fingerprint density at radius 3 is 2.43 bits per heavy atom. The first-order chi connectivity index (χ1) is 13.3. The number of hydrogen-bond acceptors (Lipinski definition) is 3. The standard InChI is InChI=1S/C19H20F4N4O/c20-13-6-4-12(5-7-13)15-10-16(19(21,22)23)27-17(25-15)14(11-24-27)18(28)26-8-2-1-3-9-26/h4-7,11,15-16,25H,1-3,8-10H2/t15-,16+/m0/s1. The largest absolute Gasteiger partial charge is 0.410 e. The Hall–Kier alpha value is -2.58. The zero-order valence-corrected chi connectivity index (χ0v) is 15.0. The van der Waals surface area contributed by atoms with Gasteiger partial charge in [-0.1, -0.05) is 12.1 Å². The van der Waals surface area contributed by atoms with Crippen molar-refractivity contribution in [3.8, 4) is 0 Å². The summed E-state index contributed by atoms with van der Waals surface area (Å²) in [5.41, 5.74) is 0.669. The molecule has 3 heterocycles. The van der Waals surface area contributed by atoms with Crippen LogP contribution in [0.25, 0.3) is 0 Å². The minimum absolute atomic E-state index is 0.0680. The number of anilines is 1. The lowest BCUT2D eigenvalue weighted by molar-refractivity contribution is -0.173. The van der Waals surface area contributed by atoms with Gasteiger partial charge in [-0.15, -0.1) is 0 Å². The minimum atomic E-state index is -4.52. The number of aromatic nitrogens is 2. The number of nitrogens with one attached hydrogen (secondary N) is 1. The topological polar surface area (TPSA) is 50.2 Å². The quantitative estimate of drug-likeness (QED) is 0.770. The monoisotopic (exact) mass is 396 g/mol. The Morgan fingerprint density at radius 1 is 1.11 bits per heavy atom. The second-order valence-corrected chi connectivity index (χ2v) is 7.25. The van der Waals surface area contributed by atoms with Crippen molar-refractivity contribution in [1.82, 2.24) is 14.7 Å². The van der Waals surface area contributed by atoms with Gasteiger partial charge in [-0.2, -0.15) is 18.3 Å². The first kappa shape index (κ1) is 18.8. The molecule has 28 heavy (non-hydrogen) atoms. The lowest BCUT2D eigenvalue weighted by Gasteiger charge is -2.34. The van der Waals surface area contributed by atoms with Gasteiger partial charge in [0, 0.05) is 19.5 Å². The fraction of sp³-hybridized carbons (Fsp3) is 0.474. The van der Waals surface area contributed by atoms with Gasteiger partial charge < -0.3 is 10.2 Å². The summed E-state index contributed by atoms with van der Waals surface area (Å²) >= 11 is 0. The highest BCUT2D eigenvalue weighted by molar-refractivity contribution is 5.99. The molecular weight excluding hydrogens is 376 g/mol. The molecule has 2 aliphatic heterocycles. The molecule has 0 saturated carbocycles. The van der Waals surface area contributed by atoms with Crippen molar-refractivity contribution in [3.63, 3.8) is 0 Å². The molecule has 0 spiro atoms. The number of carbonyl (C=O) groups excluding carboxylic acids is 1. The van der Waals surface area contributed by atoms with E-state index < -0.39 is 24.1 Å². The van der Waals surface area contributed by atoms with Crippen molar-refractivity contribution in [2.45, 2.75) is 43.9 Å². The van der Waals surface area contributed by atoms with Crippen molar-refractivity contribution in [3.05, 3.63) is 47.4 Å². The molecule has 1 aromatic heterocycles. The Morgan fingerprint density at radius 2 is 1.79 bits per heavy atom. The van der Waals surface area contributed by atoms with Gasteiger partial charge in [-0.05, 0) is 37.0 Å². The number of likely N-dealkylation sites (tertiary alicyclic amines) is 1. The van der Waals surface area contributed by atoms with E-state index in [0.717, 1.165) is 23.9 Å². The number of halogens is 4. The van der Waals surface area contributed by atoms with E-state index in [-0.39, 0.29) is 23.7 Å². The zero-order valence-electron chi connectivity index (χ0n) is 15.0. The molecule has 2 aliphatic rings. The SMILES string of the molecule is O=C(c1cnn2c1N[C@H](c1ccc(F)cc1)C[C@@H]2C(F)(F)F)N1CCCCC1. The molecule has 2 aromatic rings. The highest BCUT2D eigenvalue weighted by Crippen LogP contribution is 2.44. The third kappa shape index (κ3) is 3.45. The van der Waals surface area contributed by atoms with E-state index in [0.29, 0.717) is 18.7 Å². The number of piperidine rings is 1. The van der Waals surface area contributed by atoms with Crippen LogP contribution in [0.5, 0.6) is 0 Å². The third-order valence-corrected chi connectivity index (χ3v) is 5.38. The van der Waals surface area contributed by atoms with E-state index >= 15 is 0 Å². The third-order valence-electron chi connectivity index (χ3n) is 5.38. The van der Waals surface area contributed by atoms with Crippen LogP contribution in [0.1, 0.15) is 53.7 Å².